The molecule has 1 atom stereocenters. The average molecular weight is 390 g/mol. The SMILES string of the molecule is N#CCOc1ccc([C@H]2Nc3ccccc3C(=O)N2c2ccc(Cl)cc2)cc1. The summed E-state index contributed by atoms with van der Waals surface area (Å²) >= 11 is 6.02. The quantitative estimate of drug-likeness (QED) is 0.680. The Labute approximate surface area is 167 Å². The van der Waals surface area contributed by atoms with Gasteiger partial charge in [0.05, 0.1) is 5.56 Å². The largest absolute Gasteiger partial charge is 0.479 e. The molecule has 0 aliphatic carbocycles. The molecular weight excluding hydrogens is 374 g/mol. The molecule has 138 valence electrons. The summed E-state index contributed by atoms with van der Waals surface area (Å²) in [5.41, 5.74) is 3.03. The second-order valence-corrected chi connectivity index (χ2v) is 6.70. The lowest BCUT2D eigenvalue weighted by Crippen LogP contribution is -2.43. The molecule has 0 aromatic heterocycles. The van der Waals surface area contributed by atoms with Gasteiger partial charge in [-0.15, -0.1) is 0 Å². The summed E-state index contributed by atoms with van der Waals surface area (Å²) in [6.07, 6.45) is -0.395. The summed E-state index contributed by atoms with van der Waals surface area (Å²) in [6, 6.07) is 23.9. The van der Waals surface area contributed by atoms with Crippen LogP contribution in [0.1, 0.15) is 22.1 Å². The Hall–Kier alpha value is -3.49. The fourth-order valence-corrected chi connectivity index (χ4v) is 3.34. The van der Waals surface area contributed by atoms with Crippen molar-refractivity contribution < 1.29 is 9.53 Å². The lowest BCUT2D eigenvalue weighted by molar-refractivity contribution is 0.0975. The van der Waals surface area contributed by atoms with Crippen molar-refractivity contribution >= 4 is 28.9 Å². The fraction of sp³-hybridized carbons (Fsp3) is 0.0909. The topological polar surface area (TPSA) is 65.4 Å². The number of halogens is 1. The van der Waals surface area contributed by atoms with Crippen LogP contribution in [0, 0.1) is 11.3 Å². The van der Waals surface area contributed by atoms with Gasteiger partial charge >= 0.3 is 0 Å². The molecule has 0 bridgehead atoms. The van der Waals surface area contributed by atoms with E-state index >= 15 is 0 Å². The molecule has 1 heterocycles. The summed E-state index contributed by atoms with van der Waals surface area (Å²) in [5, 5.41) is 12.7. The number of nitriles is 1. The number of ether oxygens (including phenoxy) is 1. The van der Waals surface area contributed by atoms with Crippen molar-refractivity contribution in [2.45, 2.75) is 6.17 Å². The van der Waals surface area contributed by atoms with Crippen LogP contribution < -0.4 is 15.0 Å². The highest BCUT2D eigenvalue weighted by atomic mass is 35.5. The van der Waals surface area contributed by atoms with Gasteiger partial charge in [0.1, 0.15) is 18.0 Å². The first-order chi connectivity index (χ1) is 13.7. The molecule has 0 saturated carbocycles. The van der Waals surface area contributed by atoms with E-state index in [2.05, 4.69) is 5.32 Å². The van der Waals surface area contributed by atoms with Crippen molar-refractivity contribution in [2.24, 2.45) is 0 Å². The van der Waals surface area contributed by atoms with E-state index in [1.54, 1.807) is 29.2 Å². The average Bonchev–Trinajstić information content (AvgIpc) is 2.73. The van der Waals surface area contributed by atoms with Crippen LogP contribution in [0.5, 0.6) is 5.75 Å². The van der Waals surface area contributed by atoms with E-state index in [4.69, 9.17) is 21.6 Å². The number of benzene rings is 3. The normalized spacial score (nSPS) is 15.4. The number of fused-ring (bicyclic) bond motifs is 1. The van der Waals surface area contributed by atoms with Crippen LogP contribution >= 0.6 is 11.6 Å². The van der Waals surface area contributed by atoms with Crippen LogP contribution in [0.25, 0.3) is 0 Å². The Morgan fingerprint density at radius 1 is 1.04 bits per heavy atom. The van der Waals surface area contributed by atoms with E-state index in [9.17, 15) is 4.79 Å². The number of rotatable bonds is 4. The fourth-order valence-electron chi connectivity index (χ4n) is 3.22. The molecular formula is C22H16ClN3O2. The zero-order valence-electron chi connectivity index (χ0n) is 14.8. The molecule has 1 aliphatic rings. The summed E-state index contributed by atoms with van der Waals surface area (Å²) in [4.78, 5) is 15.0. The van der Waals surface area contributed by atoms with Crippen molar-refractivity contribution in [3.05, 3.63) is 88.9 Å². The Morgan fingerprint density at radius 2 is 1.75 bits per heavy atom. The van der Waals surface area contributed by atoms with E-state index in [-0.39, 0.29) is 12.5 Å². The molecule has 0 radical (unpaired) electrons. The Bertz CT molecular complexity index is 1040. The molecule has 1 N–H and O–H groups in total. The smallest absolute Gasteiger partial charge is 0.262 e. The van der Waals surface area contributed by atoms with Crippen LogP contribution in [0.15, 0.2) is 72.8 Å². The summed E-state index contributed by atoms with van der Waals surface area (Å²) in [6.45, 7) is -0.0101. The molecule has 28 heavy (non-hydrogen) atoms. The molecule has 4 rings (SSSR count). The summed E-state index contributed by atoms with van der Waals surface area (Å²) < 4.78 is 5.32. The Kier molecular flexibility index (Phi) is 4.88. The number of hydrogen-bond donors (Lipinski definition) is 1. The third kappa shape index (κ3) is 3.38. The number of carbonyl (C=O) groups is 1. The number of nitrogens with zero attached hydrogens (tertiary/aromatic N) is 2. The van der Waals surface area contributed by atoms with E-state index in [0.29, 0.717) is 16.3 Å². The van der Waals surface area contributed by atoms with E-state index in [1.807, 2.05) is 54.6 Å². The monoisotopic (exact) mass is 389 g/mol. The number of anilines is 2. The van der Waals surface area contributed by atoms with Crippen LogP contribution in [-0.2, 0) is 0 Å². The highest BCUT2D eigenvalue weighted by molar-refractivity contribution is 6.30. The van der Waals surface area contributed by atoms with Gasteiger partial charge in [0.2, 0.25) is 0 Å². The first-order valence-corrected chi connectivity index (χ1v) is 9.09. The lowest BCUT2D eigenvalue weighted by atomic mass is 10.0. The molecule has 1 aliphatic heterocycles. The Morgan fingerprint density at radius 3 is 2.46 bits per heavy atom. The first-order valence-electron chi connectivity index (χ1n) is 8.72. The van der Waals surface area contributed by atoms with Gasteiger partial charge in [0, 0.05) is 16.4 Å². The highest BCUT2D eigenvalue weighted by Crippen LogP contribution is 2.37. The minimum Gasteiger partial charge on any atom is -0.479 e. The predicted molar refractivity (Wildman–Crippen MR) is 109 cm³/mol. The number of amides is 1. The molecule has 0 saturated heterocycles. The van der Waals surface area contributed by atoms with E-state index in [0.717, 1.165) is 16.9 Å². The van der Waals surface area contributed by atoms with Gasteiger partial charge in [0.15, 0.2) is 6.61 Å². The van der Waals surface area contributed by atoms with Crippen LogP contribution in [0.4, 0.5) is 11.4 Å². The van der Waals surface area contributed by atoms with Crippen LogP contribution in [0.3, 0.4) is 0 Å². The van der Waals surface area contributed by atoms with E-state index in [1.165, 1.54) is 0 Å². The maximum absolute atomic E-state index is 13.3. The molecule has 0 unspecified atom stereocenters. The third-order valence-electron chi connectivity index (χ3n) is 4.53. The Balaban J connectivity index is 1.75. The van der Waals surface area contributed by atoms with Crippen molar-refractivity contribution in [3.8, 4) is 11.8 Å². The first kappa shape index (κ1) is 17.9. The van der Waals surface area contributed by atoms with Gasteiger partial charge in [-0.25, -0.2) is 0 Å². The molecule has 3 aromatic carbocycles. The van der Waals surface area contributed by atoms with Crippen LogP contribution in [-0.4, -0.2) is 12.5 Å². The van der Waals surface area contributed by atoms with Gasteiger partial charge in [-0.05, 0) is 54.1 Å². The second-order valence-electron chi connectivity index (χ2n) is 6.26. The van der Waals surface area contributed by atoms with Crippen LogP contribution in [0.2, 0.25) is 5.02 Å². The molecule has 5 nitrogen and oxygen atoms in total. The standard InChI is InChI=1S/C22H16ClN3O2/c23-16-7-9-17(10-8-16)26-21(15-5-11-18(12-6-15)28-14-13-24)25-20-4-2-1-3-19(20)22(26)27/h1-12,21,25H,14H2/t21-/m0/s1. The maximum atomic E-state index is 13.3. The predicted octanol–water partition coefficient (Wildman–Crippen LogP) is 5.01. The van der Waals surface area contributed by atoms with Gasteiger partial charge in [0.25, 0.3) is 5.91 Å². The molecule has 0 fully saturated rings. The van der Waals surface area contributed by atoms with Gasteiger partial charge in [-0.2, -0.15) is 5.26 Å². The zero-order chi connectivity index (χ0) is 19.5. The van der Waals surface area contributed by atoms with Gasteiger partial charge in [-0.1, -0.05) is 35.9 Å². The highest BCUT2D eigenvalue weighted by Gasteiger charge is 2.33. The molecule has 1 amide bonds. The number of hydrogen-bond acceptors (Lipinski definition) is 4. The summed E-state index contributed by atoms with van der Waals surface area (Å²) in [5.74, 6) is 0.511. The molecule has 3 aromatic rings. The van der Waals surface area contributed by atoms with E-state index < -0.39 is 6.17 Å². The number of para-hydroxylation sites is 1. The zero-order valence-corrected chi connectivity index (χ0v) is 15.6. The van der Waals surface area contributed by atoms with Crippen molar-refractivity contribution in [2.75, 3.05) is 16.8 Å². The van der Waals surface area contributed by atoms with Crippen molar-refractivity contribution in [1.29, 1.82) is 5.26 Å². The summed E-state index contributed by atoms with van der Waals surface area (Å²) in [7, 11) is 0. The van der Waals surface area contributed by atoms with Gasteiger partial charge < -0.3 is 10.1 Å². The van der Waals surface area contributed by atoms with Crippen molar-refractivity contribution in [3.63, 3.8) is 0 Å². The minimum atomic E-state index is -0.395. The molecule has 6 heteroatoms. The molecule has 0 spiro atoms. The third-order valence-corrected chi connectivity index (χ3v) is 4.78. The number of nitrogens with one attached hydrogen (secondary N) is 1. The minimum absolute atomic E-state index is 0.0101. The van der Waals surface area contributed by atoms with Gasteiger partial charge in [-0.3, -0.25) is 9.69 Å². The van der Waals surface area contributed by atoms with Crippen molar-refractivity contribution in [1.82, 2.24) is 0 Å². The second kappa shape index (κ2) is 7.63. The lowest BCUT2D eigenvalue weighted by Gasteiger charge is -2.38. The maximum Gasteiger partial charge on any atom is 0.262 e. The number of carbonyl (C=O) groups excluding carboxylic acids is 1.